The number of benzene rings is 2. The van der Waals surface area contributed by atoms with Crippen LogP contribution in [-0.2, 0) is 20.9 Å². The zero-order valence-electron chi connectivity index (χ0n) is 17.0. The molecule has 32 heavy (non-hydrogen) atoms. The SMILES string of the molecule is CCOC(=O)CN1C(=O)S/C(=C/c2cn(Cc3ccc(Cl)cc3Cl)c3ccccc23)C1=O. The number of amides is 2. The first-order valence-corrected chi connectivity index (χ1v) is 11.4. The summed E-state index contributed by atoms with van der Waals surface area (Å²) in [4.78, 5) is 37.9. The summed E-state index contributed by atoms with van der Waals surface area (Å²) >= 11 is 13.2. The number of rotatable bonds is 6. The van der Waals surface area contributed by atoms with Crippen LogP contribution in [0.15, 0.2) is 53.6 Å². The molecule has 0 N–H and O–H groups in total. The lowest BCUT2D eigenvalue weighted by atomic mass is 10.1. The smallest absolute Gasteiger partial charge is 0.326 e. The fraction of sp³-hybridized carbons (Fsp3) is 0.174. The van der Waals surface area contributed by atoms with E-state index < -0.39 is 23.7 Å². The number of carbonyl (C=O) groups excluding carboxylic acids is 3. The van der Waals surface area contributed by atoms with E-state index in [1.807, 2.05) is 41.1 Å². The molecule has 1 saturated heterocycles. The van der Waals surface area contributed by atoms with Crippen molar-refractivity contribution in [2.75, 3.05) is 13.2 Å². The largest absolute Gasteiger partial charge is 0.465 e. The van der Waals surface area contributed by atoms with Crippen LogP contribution in [0.2, 0.25) is 10.0 Å². The van der Waals surface area contributed by atoms with Crippen LogP contribution >= 0.6 is 35.0 Å². The Kier molecular flexibility index (Phi) is 6.60. The number of halogens is 2. The molecule has 1 aliphatic heterocycles. The predicted octanol–water partition coefficient (Wildman–Crippen LogP) is 5.60. The molecule has 2 aromatic carbocycles. The summed E-state index contributed by atoms with van der Waals surface area (Å²) in [6.45, 7) is 1.96. The van der Waals surface area contributed by atoms with Crippen molar-refractivity contribution in [2.24, 2.45) is 0 Å². The maximum atomic E-state index is 12.7. The van der Waals surface area contributed by atoms with Crippen molar-refractivity contribution in [3.8, 4) is 0 Å². The normalized spacial score (nSPS) is 15.2. The number of hydrogen-bond acceptors (Lipinski definition) is 5. The van der Waals surface area contributed by atoms with Gasteiger partial charge in [0, 0.05) is 39.3 Å². The Labute approximate surface area is 198 Å². The molecule has 9 heteroatoms. The Morgan fingerprint density at radius 2 is 1.94 bits per heavy atom. The van der Waals surface area contributed by atoms with Crippen molar-refractivity contribution in [3.05, 3.63) is 74.7 Å². The summed E-state index contributed by atoms with van der Waals surface area (Å²) in [5.74, 6) is -1.13. The minimum atomic E-state index is -0.618. The molecular formula is C23H18Cl2N2O4S. The quantitative estimate of drug-likeness (QED) is 0.333. The van der Waals surface area contributed by atoms with Gasteiger partial charge in [0.15, 0.2) is 0 Å². The van der Waals surface area contributed by atoms with E-state index in [1.165, 1.54) is 0 Å². The lowest BCUT2D eigenvalue weighted by Gasteiger charge is -2.10. The highest BCUT2D eigenvalue weighted by atomic mass is 35.5. The molecule has 2 amide bonds. The maximum absolute atomic E-state index is 12.7. The molecule has 1 aromatic heterocycles. The van der Waals surface area contributed by atoms with Gasteiger partial charge in [-0.05, 0) is 48.5 Å². The first kappa shape index (κ1) is 22.5. The molecule has 0 bridgehead atoms. The minimum Gasteiger partial charge on any atom is -0.465 e. The molecule has 0 unspecified atom stereocenters. The summed E-state index contributed by atoms with van der Waals surface area (Å²) in [5.41, 5.74) is 2.64. The Bertz CT molecular complexity index is 1270. The summed E-state index contributed by atoms with van der Waals surface area (Å²) in [6.07, 6.45) is 3.59. The molecule has 1 fully saturated rings. The van der Waals surface area contributed by atoms with E-state index in [9.17, 15) is 14.4 Å². The fourth-order valence-electron chi connectivity index (χ4n) is 3.47. The average molecular weight is 489 g/mol. The van der Waals surface area contributed by atoms with E-state index in [0.717, 1.165) is 38.7 Å². The number of fused-ring (bicyclic) bond motifs is 1. The Morgan fingerprint density at radius 1 is 1.16 bits per heavy atom. The second-order valence-corrected chi connectivity index (χ2v) is 8.87. The van der Waals surface area contributed by atoms with Gasteiger partial charge in [0.1, 0.15) is 6.54 Å². The fourth-order valence-corrected chi connectivity index (χ4v) is 4.77. The molecular weight excluding hydrogens is 471 g/mol. The number of aromatic nitrogens is 1. The van der Waals surface area contributed by atoms with Gasteiger partial charge in [-0.1, -0.05) is 47.5 Å². The van der Waals surface area contributed by atoms with Gasteiger partial charge >= 0.3 is 5.97 Å². The van der Waals surface area contributed by atoms with Gasteiger partial charge in [0.2, 0.25) is 0 Å². The molecule has 3 aromatic rings. The van der Waals surface area contributed by atoms with Gasteiger partial charge in [-0.15, -0.1) is 0 Å². The van der Waals surface area contributed by atoms with Crippen molar-refractivity contribution in [1.29, 1.82) is 0 Å². The first-order chi connectivity index (χ1) is 15.4. The van der Waals surface area contributed by atoms with Gasteiger partial charge in [-0.25, -0.2) is 0 Å². The van der Waals surface area contributed by atoms with E-state index in [0.29, 0.717) is 16.6 Å². The van der Waals surface area contributed by atoms with Crippen LogP contribution in [0.3, 0.4) is 0 Å². The van der Waals surface area contributed by atoms with Crippen molar-refractivity contribution < 1.29 is 19.1 Å². The summed E-state index contributed by atoms with van der Waals surface area (Å²) in [7, 11) is 0. The molecule has 6 nitrogen and oxygen atoms in total. The van der Waals surface area contributed by atoms with Gasteiger partial charge in [-0.3, -0.25) is 19.3 Å². The third-order valence-electron chi connectivity index (χ3n) is 4.93. The molecule has 2 heterocycles. The maximum Gasteiger partial charge on any atom is 0.326 e. The van der Waals surface area contributed by atoms with Crippen LogP contribution in [0.4, 0.5) is 4.79 Å². The number of para-hydroxylation sites is 1. The van der Waals surface area contributed by atoms with Crippen molar-refractivity contribution in [3.63, 3.8) is 0 Å². The van der Waals surface area contributed by atoms with E-state index in [-0.39, 0.29) is 11.5 Å². The Balaban J connectivity index is 1.67. The van der Waals surface area contributed by atoms with Crippen LogP contribution in [0.1, 0.15) is 18.1 Å². The Morgan fingerprint density at radius 3 is 2.69 bits per heavy atom. The average Bonchev–Trinajstić information content (AvgIpc) is 3.23. The van der Waals surface area contributed by atoms with Crippen LogP contribution in [0.5, 0.6) is 0 Å². The summed E-state index contributed by atoms with van der Waals surface area (Å²) in [5, 5.41) is 1.56. The van der Waals surface area contributed by atoms with E-state index in [2.05, 4.69) is 0 Å². The number of thioether (sulfide) groups is 1. The monoisotopic (exact) mass is 488 g/mol. The van der Waals surface area contributed by atoms with Gasteiger partial charge in [0.05, 0.1) is 11.5 Å². The first-order valence-electron chi connectivity index (χ1n) is 9.80. The summed E-state index contributed by atoms with van der Waals surface area (Å²) in [6, 6.07) is 13.1. The van der Waals surface area contributed by atoms with Gasteiger partial charge in [-0.2, -0.15) is 0 Å². The topological polar surface area (TPSA) is 68.6 Å². The Hall–Kier alpha value is -2.74. The molecule has 1 aliphatic rings. The molecule has 0 radical (unpaired) electrons. The van der Waals surface area contributed by atoms with Gasteiger partial charge < -0.3 is 9.30 Å². The number of imide groups is 1. The number of nitrogens with zero attached hydrogens (tertiary/aromatic N) is 2. The van der Waals surface area contributed by atoms with Crippen molar-refractivity contribution in [1.82, 2.24) is 9.47 Å². The van der Waals surface area contributed by atoms with E-state index >= 15 is 0 Å². The third-order valence-corrected chi connectivity index (χ3v) is 6.42. The molecule has 4 rings (SSSR count). The van der Waals surface area contributed by atoms with Crippen molar-refractivity contribution >= 4 is 69.1 Å². The van der Waals surface area contributed by atoms with Gasteiger partial charge in [0.25, 0.3) is 11.1 Å². The molecule has 0 aliphatic carbocycles. The third kappa shape index (κ3) is 4.55. The minimum absolute atomic E-state index is 0.183. The van der Waals surface area contributed by atoms with Crippen LogP contribution in [0, 0.1) is 0 Å². The highest BCUT2D eigenvalue weighted by Gasteiger charge is 2.36. The highest BCUT2D eigenvalue weighted by molar-refractivity contribution is 8.18. The molecule has 164 valence electrons. The second-order valence-electron chi connectivity index (χ2n) is 7.04. The second kappa shape index (κ2) is 9.40. The zero-order valence-corrected chi connectivity index (χ0v) is 19.3. The lowest BCUT2D eigenvalue weighted by molar-refractivity contribution is -0.145. The highest BCUT2D eigenvalue weighted by Crippen LogP contribution is 2.34. The number of carbonyl (C=O) groups is 3. The zero-order chi connectivity index (χ0) is 22.8. The van der Waals surface area contributed by atoms with E-state index in [4.69, 9.17) is 27.9 Å². The number of ether oxygens (including phenoxy) is 1. The van der Waals surface area contributed by atoms with Crippen LogP contribution in [0.25, 0.3) is 17.0 Å². The number of esters is 1. The standard InChI is InChI=1S/C23H18Cl2N2O4S/c1-2-31-21(28)13-27-22(29)20(32-23(27)30)9-15-12-26(19-6-4-3-5-17(15)19)11-14-7-8-16(24)10-18(14)25/h3-10,12H,2,11,13H2,1H3/b20-9+. The predicted molar refractivity (Wildman–Crippen MR) is 127 cm³/mol. The molecule has 0 atom stereocenters. The van der Waals surface area contributed by atoms with Crippen LogP contribution < -0.4 is 0 Å². The van der Waals surface area contributed by atoms with E-state index in [1.54, 1.807) is 25.1 Å². The number of hydrogen-bond donors (Lipinski definition) is 0. The summed E-state index contributed by atoms with van der Waals surface area (Å²) < 4.78 is 6.88. The molecule has 0 saturated carbocycles. The lowest BCUT2D eigenvalue weighted by Crippen LogP contribution is -2.34. The molecule has 0 spiro atoms. The van der Waals surface area contributed by atoms with Crippen molar-refractivity contribution in [2.45, 2.75) is 13.5 Å². The van der Waals surface area contributed by atoms with Crippen LogP contribution in [-0.4, -0.2) is 39.7 Å².